The highest BCUT2D eigenvalue weighted by molar-refractivity contribution is 4.97. The number of piperidine rings is 1. The lowest BCUT2D eigenvalue weighted by molar-refractivity contribution is -0.129. The summed E-state index contributed by atoms with van der Waals surface area (Å²) in [5.41, 5.74) is 0.160. The molecular formula is C11H23NO2. The van der Waals surface area contributed by atoms with Gasteiger partial charge in [0, 0.05) is 32.7 Å². The lowest BCUT2D eigenvalue weighted by Crippen LogP contribution is -2.59. The monoisotopic (exact) mass is 201 g/mol. The van der Waals surface area contributed by atoms with Gasteiger partial charge in [0.25, 0.3) is 0 Å². The second-order valence-electron chi connectivity index (χ2n) is 4.72. The van der Waals surface area contributed by atoms with Gasteiger partial charge in [-0.25, -0.2) is 0 Å². The van der Waals surface area contributed by atoms with E-state index in [2.05, 4.69) is 26.1 Å². The first-order chi connectivity index (χ1) is 6.56. The standard InChI is InChI=1S/C11H23NO2/c1-8(2)11(3)7-12-6-9(13-4)10(11)14-5/h8-10,12H,6-7H2,1-5H3. The fourth-order valence-corrected chi connectivity index (χ4v) is 2.28. The Bertz CT molecular complexity index is 184. The van der Waals surface area contributed by atoms with Crippen LogP contribution in [0.4, 0.5) is 0 Å². The van der Waals surface area contributed by atoms with Crippen molar-refractivity contribution >= 4 is 0 Å². The highest BCUT2D eigenvalue weighted by atomic mass is 16.5. The Kier molecular flexibility index (Phi) is 3.93. The maximum absolute atomic E-state index is 5.61. The lowest BCUT2D eigenvalue weighted by Gasteiger charge is -2.47. The summed E-state index contributed by atoms with van der Waals surface area (Å²) in [6, 6.07) is 0. The zero-order chi connectivity index (χ0) is 10.8. The van der Waals surface area contributed by atoms with Crippen LogP contribution in [0.15, 0.2) is 0 Å². The molecule has 0 saturated carbocycles. The van der Waals surface area contributed by atoms with Crippen molar-refractivity contribution < 1.29 is 9.47 Å². The fraction of sp³-hybridized carbons (Fsp3) is 1.00. The Morgan fingerprint density at radius 1 is 1.29 bits per heavy atom. The van der Waals surface area contributed by atoms with E-state index in [1.807, 2.05) is 0 Å². The molecule has 84 valence electrons. The van der Waals surface area contributed by atoms with Gasteiger partial charge in [0.1, 0.15) is 0 Å². The van der Waals surface area contributed by atoms with E-state index in [-0.39, 0.29) is 17.6 Å². The second-order valence-corrected chi connectivity index (χ2v) is 4.72. The highest BCUT2D eigenvalue weighted by Gasteiger charge is 2.44. The van der Waals surface area contributed by atoms with Gasteiger partial charge in [-0.15, -0.1) is 0 Å². The third-order valence-electron chi connectivity index (χ3n) is 3.71. The van der Waals surface area contributed by atoms with Gasteiger partial charge in [0.15, 0.2) is 0 Å². The molecule has 3 unspecified atom stereocenters. The maximum Gasteiger partial charge on any atom is 0.0962 e. The zero-order valence-electron chi connectivity index (χ0n) is 9.96. The first-order valence-electron chi connectivity index (χ1n) is 5.32. The summed E-state index contributed by atoms with van der Waals surface area (Å²) in [5, 5.41) is 3.42. The summed E-state index contributed by atoms with van der Waals surface area (Å²) in [6.45, 7) is 8.64. The average Bonchev–Trinajstić information content (AvgIpc) is 2.17. The van der Waals surface area contributed by atoms with Crippen LogP contribution in [0.5, 0.6) is 0 Å². The molecule has 0 aromatic rings. The van der Waals surface area contributed by atoms with E-state index in [0.29, 0.717) is 5.92 Å². The van der Waals surface area contributed by atoms with Gasteiger partial charge in [-0.3, -0.25) is 0 Å². The van der Waals surface area contributed by atoms with Crippen LogP contribution >= 0.6 is 0 Å². The lowest BCUT2D eigenvalue weighted by atomic mass is 9.70. The Hall–Kier alpha value is -0.120. The van der Waals surface area contributed by atoms with Gasteiger partial charge >= 0.3 is 0 Å². The number of methoxy groups -OCH3 is 2. The quantitative estimate of drug-likeness (QED) is 0.746. The van der Waals surface area contributed by atoms with Crippen LogP contribution in [0.25, 0.3) is 0 Å². The molecule has 0 radical (unpaired) electrons. The Morgan fingerprint density at radius 2 is 1.93 bits per heavy atom. The van der Waals surface area contributed by atoms with Crippen LogP contribution in [-0.2, 0) is 9.47 Å². The Balaban J connectivity index is 2.82. The van der Waals surface area contributed by atoms with Crippen LogP contribution in [0, 0.1) is 11.3 Å². The minimum Gasteiger partial charge on any atom is -0.378 e. The van der Waals surface area contributed by atoms with E-state index in [9.17, 15) is 0 Å². The molecule has 3 nitrogen and oxygen atoms in total. The molecule has 0 amide bonds. The second kappa shape index (κ2) is 4.60. The molecule has 1 rings (SSSR count). The van der Waals surface area contributed by atoms with Crippen molar-refractivity contribution in [1.29, 1.82) is 0 Å². The molecule has 3 heteroatoms. The third-order valence-corrected chi connectivity index (χ3v) is 3.71. The van der Waals surface area contributed by atoms with E-state index in [1.165, 1.54) is 0 Å². The maximum atomic E-state index is 5.61. The molecule has 1 aliphatic rings. The van der Waals surface area contributed by atoms with Gasteiger partial charge in [0.05, 0.1) is 12.2 Å². The predicted octanol–water partition coefficient (Wildman–Crippen LogP) is 1.28. The molecule has 0 aliphatic carbocycles. The van der Waals surface area contributed by atoms with Crippen LogP contribution < -0.4 is 5.32 Å². The summed E-state index contributed by atoms with van der Waals surface area (Å²) in [4.78, 5) is 0. The van der Waals surface area contributed by atoms with Crippen molar-refractivity contribution in [3.8, 4) is 0 Å². The van der Waals surface area contributed by atoms with Crippen molar-refractivity contribution in [3.05, 3.63) is 0 Å². The predicted molar refractivity (Wildman–Crippen MR) is 57.4 cm³/mol. The molecule has 0 spiro atoms. The highest BCUT2D eigenvalue weighted by Crippen LogP contribution is 2.36. The van der Waals surface area contributed by atoms with E-state index < -0.39 is 0 Å². The van der Waals surface area contributed by atoms with E-state index in [0.717, 1.165) is 13.1 Å². The Morgan fingerprint density at radius 3 is 2.36 bits per heavy atom. The van der Waals surface area contributed by atoms with Crippen molar-refractivity contribution in [3.63, 3.8) is 0 Å². The van der Waals surface area contributed by atoms with Crippen LogP contribution in [0.3, 0.4) is 0 Å². The van der Waals surface area contributed by atoms with Crippen LogP contribution in [-0.4, -0.2) is 39.5 Å². The first-order valence-corrected chi connectivity index (χ1v) is 5.32. The summed E-state index contributed by atoms with van der Waals surface area (Å²) in [5.74, 6) is 0.581. The van der Waals surface area contributed by atoms with Crippen molar-refractivity contribution in [2.75, 3.05) is 27.3 Å². The van der Waals surface area contributed by atoms with E-state index in [4.69, 9.17) is 9.47 Å². The molecule has 3 atom stereocenters. The van der Waals surface area contributed by atoms with E-state index >= 15 is 0 Å². The molecule has 1 aliphatic heterocycles. The molecule has 1 heterocycles. The molecule has 14 heavy (non-hydrogen) atoms. The van der Waals surface area contributed by atoms with Crippen molar-refractivity contribution in [2.24, 2.45) is 11.3 Å². The van der Waals surface area contributed by atoms with Gasteiger partial charge < -0.3 is 14.8 Å². The summed E-state index contributed by atoms with van der Waals surface area (Å²) >= 11 is 0. The van der Waals surface area contributed by atoms with Gasteiger partial charge in [0.2, 0.25) is 0 Å². The Labute approximate surface area is 87.2 Å². The largest absolute Gasteiger partial charge is 0.378 e. The number of nitrogens with one attached hydrogen (secondary N) is 1. The molecule has 1 saturated heterocycles. The van der Waals surface area contributed by atoms with Gasteiger partial charge in [-0.1, -0.05) is 20.8 Å². The first kappa shape index (κ1) is 12.0. The van der Waals surface area contributed by atoms with Crippen molar-refractivity contribution in [2.45, 2.75) is 33.0 Å². The normalized spacial score (nSPS) is 39.0. The van der Waals surface area contributed by atoms with Crippen molar-refractivity contribution in [1.82, 2.24) is 5.32 Å². The summed E-state index contributed by atoms with van der Waals surface area (Å²) in [7, 11) is 3.53. The zero-order valence-corrected chi connectivity index (χ0v) is 9.96. The molecule has 0 bridgehead atoms. The smallest absolute Gasteiger partial charge is 0.0962 e. The molecule has 0 aromatic heterocycles. The van der Waals surface area contributed by atoms with Gasteiger partial charge in [-0.2, -0.15) is 0 Å². The molecule has 1 N–H and O–H groups in total. The number of rotatable bonds is 3. The average molecular weight is 201 g/mol. The SMILES string of the molecule is COC1CNCC(C)(C(C)C)C1OC. The number of hydrogen-bond acceptors (Lipinski definition) is 3. The summed E-state index contributed by atoms with van der Waals surface area (Å²) in [6.07, 6.45) is 0.356. The topological polar surface area (TPSA) is 30.5 Å². The molecular weight excluding hydrogens is 178 g/mol. The minimum absolute atomic E-state index is 0.160. The van der Waals surface area contributed by atoms with Gasteiger partial charge in [-0.05, 0) is 5.92 Å². The fourth-order valence-electron chi connectivity index (χ4n) is 2.28. The number of hydrogen-bond donors (Lipinski definition) is 1. The third kappa shape index (κ3) is 1.95. The number of ether oxygens (including phenoxy) is 2. The minimum atomic E-state index is 0.160. The molecule has 1 fully saturated rings. The molecule has 0 aromatic carbocycles. The summed E-state index contributed by atoms with van der Waals surface area (Å²) < 4.78 is 11.1. The van der Waals surface area contributed by atoms with Crippen LogP contribution in [0.2, 0.25) is 0 Å². The van der Waals surface area contributed by atoms with Crippen LogP contribution in [0.1, 0.15) is 20.8 Å². The van der Waals surface area contributed by atoms with E-state index in [1.54, 1.807) is 14.2 Å².